The maximum absolute atomic E-state index is 11.9. The molecule has 1 saturated heterocycles. The Morgan fingerprint density at radius 1 is 1.35 bits per heavy atom. The Bertz CT molecular complexity index is 900. The first-order chi connectivity index (χ1) is 14.9. The predicted octanol–water partition coefficient (Wildman–Crippen LogP) is 1.17. The molecule has 0 radical (unpaired) electrons. The van der Waals surface area contributed by atoms with E-state index in [0.29, 0.717) is 24.7 Å². The number of likely N-dealkylation sites (tertiary alicyclic amines) is 1. The first-order valence-electron chi connectivity index (χ1n) is 10.2. The van der Waals surface area contributed by atoms with Gasteiger partial charge in [-0.1, -0.05) is 6.07 Å². The normalized spacial score (nSPS) is 18.7. The monoisotopic (exact) mass is 430 g/mol. The Hall–Kier alpha value is -2.98. The summed E-state index contributed by atoms with van der Waals surface area (Å²) in [5, 5.41) is 7.19. The number of nitrogens with one attached hydrogen (secondary N) is 1. The van der Waals surface area contributed by atoms with Gasteiger partial charge in [0.05, 0.1) is 31.6 Å². The van der Waals surface area contributed by atoms with Gasteiger partial charge in [0.2, 0.25) is 17.7 Å². The van der Waals surface area contributed by atoms with Gasteiger partial charge in [-0.2, -0.15) is 5.10 Å². The molecule has 1 N–H and O–H groups in total. The predicted molar refractivity (Wildman–Crippen MR) is 115 cm³/mol. The second-order valence-electron chi connectivity index (χ2n) is 7.84. The Balaban J connectivity index is 1.72. The number of methoxy groups -OCH3 is 1. The van der Waals surface area contributed by atoms with E-state index in [1.807, 2.05) is 23.0 Å². The van der Waals surface area contributed by atoms with Crippen LogP contribution < -0.4 is 10.1 Å². The summed E-state index contributed by atoms with van der Waals surface area (Å²) in [6.07, 6.45) is 6.00. The minimum Gasteiger partial charge on any atom is -0.481 e. The molecule has 2 atom stereocenters. The molecule has 2 aromatic rings. The summed E-state index contributed by atoms with van der Waals surface area (Å²) in [4.78, 5) is 31.3. The van der Waals surface area contributed by atoms with Gasteiger partial charge in [-0.15, -0.1) is 0 Å². The van der Waals surface area contributed by atoms with Gasteiger partial charge in [0.25, 0.3) is 0 Å². The number of carbonyl (C=O) groups excluding carboxylic acids is 2. The van der Waals surface area contributed by atoms with Gasteiger partial charge in [0, 0.05) is 58.1 Å². The smallest absolute Gasteiger partial charge is 0.248 e. The van der Waals surface area contributed by atoms with Crippen molar-refractivity contribution in [2.75, 3.05) is 46.3 Å². The third-order valence-electron chi connectivity index (χ3n) is 5.25. The third-order valence-corrected chi connectivity index (χ3v) is 5.25. The summed E-state index contributed by atoms with van der Waals surface area (Å²) in [6.45, 7) is 3.33. The number of anilines is 1. The number of ether oxygens (including phenoxy) is 2. The van der Waals surface area contributed by atoms with Crippen molar-refractivity contribution in [1.82, 2.24) is 24.6 Å². The molecule has 1 fully saturated rings. The number of carbonyl (C=O) groups is 2. The molecule has 0 bridgehead atoms. The van der Waals surface area contributed by atoms with E-state index in [2.05, 4.69) is 20.3 Å². The van der Waals surface area contributed by atoms with Gasteiger partial charge in [-0.25, -0.2) is 4.98 Å². The first-order valence-corrected chi connectivity index (χ1v) is 10.2. The van der Waals surface area contributed by atoms with Crippen molar-refractivity contribution in [1.29, 1.82) is 0 Å². The van der Waals surface area contributed by atoms with Crippen LogP contribution in [0.2, 0.25) is 0 Å². The molecular formula is C21H30N6O4. The van der Waals surface area contributed by atoms with E-state index in [9.17, 15) is 9.59 Å². The number of aromatic nitrogens is 3. The fourth-order valence-electron chi connectivity index (χ4n) is 3.68. The van der Waals surface area contributed by atoms with Crippen LogP contribution in [0.5, 0.6) is 5.88 Å². The Morgan fingerprint density at radius 2 is 2.16 bits per heavy atom. The zero-order valence-electron chi connectivity index (χ0n) is 18.4. The first kappa shape index (κ1) is 22.7. The van der Waals surface area contributed by atoms with Crippen LogP contribution in [0.4, 0.5) is 5.69 Å². The number of rotatable bonds is 9. The third kappa shape index (κ3) is 6.02. The van der Waals surface area contributed by atoms with Crippen LogP contribution in [0.25, 0.3) is 0 Å². The number of nitrogens with zero attached hydrogens (tertiary/aromatic N) is 5. The van der Waals surface area contributed by atoms with Crippen molar-refractivity contribution < 1.29 is 19.1 Å². The Morgan fingerprint density at radius 3 is 2.87 bits per heavy atom. The second kappa shape index (κ2) is 10.4. The molecular weight excluding hydrogens is 400 g/mol. The maximum atomic E-state index is 11.9. The van der Waals surface area contributed by atoms with E-state index in [-0.39, 0.29) is 30.5 Å². The molecule has 0 saturated carbocycles. The molecule has 0 unspecified atom stereocenters. The van der Waals surface area contributed by atoms with Gasteiger partial charge in [-0.05, 0) is 12.5 Å². The van der Waals surface area contributed by atoms with Crippen LogP contribution in [-0.2, 0) is 20.9 Å². The lowest BCUT2D eigenvalue weighted by atomic mass is 10.2. The summed E-state index contributed by atoms with van der Waals surface area (Å²) in [7, 11) is 5.03. The molecule has 10 heteroatoms. The summed E-state index contributed by atoms with van der Waals surface area (Å²) in [5.74, 6) is 0.399. The molecule has 2 aromatic heterocycles. The highest BCUT2D eigenvalue weighted by Gasteiger charge is 2.34. The van der Waals surface area contributed by atoms with E-state index < -0.39 is 0 Å². The molecule has 3 rings (SSSR count). The van der Waals surface area contributed by atoms with Gasteiger partial charge in [-0.3, -0.25) is 19.2 Å². The Labute approximate surface area is 182 Å². The quantitative estimate of drug-likeness (QED) is 0.637. The summed E-state index contributed by atoms with van der Waals surface area (Å²) in [5.41, 5.74) is 1.66. The molecule has 10 nitrogen and oxygen atoms in total. The lowest BCUT2D eigenvalue weighted by Crippen LogP contribution is -2.35. The zero-order valence-corrected chi connectivity index (χ0v) is 18.4. The van der Waals surface area contributed by atoms with E-state index in [1.165, 1.54) is 11.8 Å². The van der Waals surface area contributed by atoms with Crippen molar-refractivity contribution in [3.63, 3.8) is 0 Å². The summed E-state index contributed by atoms with van der Waals surface area (Å²) >= 11 is 0. The van der Waals surface area contributed by atoms with Crippen molar-refractivity contribution in [3.05, 3.63) is 36.3 Å². The summed E-state index contributed by atoms with van der Waals surface area (Å²) in [6, 6.07) is 4.09. The second-order valence-corrected chi connectivity index (χ2v) is 7.84. The molecule has 0 spiro atoms. The lowest BCUT2D eigenvalue weighted by molar-refractivity contribution is -0.134. The molecule has 2 amide bonds. The maximum Gasteiger partial charge on any atom is 0.248 e. The number of hydrogen-bond acceptors (Lipinski definition) is 7. The van der Waals surface area contributed by atoms with Crippen LogP contribution in [0.1, 0.15) is 24.9 Å². The van der Waals surface area contributed by atoms with Crippen LogP contribution in [0, 0.1) is 0 Å². The fraction of sp³-hybridized carbons (Fsp3) is 0.524. The zero-order chi connectivity index (χ0) is 22.4. The molecule has 1 aliphatic heterocycles. The largest absolute Gasteiger partial charge is 0.481 e. The van der Waals surface area contributed by atoms with Gasteiger partial charge in [0.1, 0.15) is 6.61 Å². The minimum absolute atomic E-state index is 0.0483. The average Bonchev–Trinajstić information content (AvgIpc) is 3.35. The van der Waals surface area contributed by atoms with Crippen molar-refractivity contribution >= 4 is 17.5 Å². The highest BCUT2D eigenvalue weighted by Crippen LogP contribution is 2.30. The van der Waals surface area contributed by atoms with E-state index in [4.69, 9.17) is 9.47 Å². The molecule has 3 heterocycles. The van der Waals surface area contributed by atoms with Gasteiger partial charge in [0.15, 0.2) is 0 Å². The van der Waals surface area contributed by atoms with Crippen LogP contribution in [0.15, 0.2) is 30.7 Å². The molecule has 0 aliphatic carbocycles. The fourth-order valence-corrected chi connectivity index (χ4v) is 3.68. The van der Waals surface area contributed by atoms with Crippen LogP contribution in [0.3, 0.4) is 0 Å². The molecule has 0 aromatic carbocycles. The number of hydrogen-bond donors (Lipinski definition) is 1. The number of pyridine rings is 1. The van der Waals surface area contributed by atoms with Crippen LogP contribution in [-0.4, -0.2) is 83.4 Å². The molecule has 31 heavy (non-hydrogen) atoms. The van der Waals surface area contributed by atoms with E-state index >= 15 is 0 Å². The van der Waals surface area contributed by atoms with E-state index in [1.54, 1.807) is 33.6 Å². The topological polar surface area (TPSA) is 102 Å². The number of amides is 2. The molecule has 1 aliphatic rings. The average molecular weight is 431 g/mol. The lowest BCUT2D eigenvalue weighted by Gasteiger charge is -2.24. The van der Waals surface area contributed by atoms with Crippen LogP contribution >= 0.6 is 0 Å². The standard InChI is InChI=1S/C21H30N6O4/c1-15(28)24-17-9-23-27(11-17)18-8-19(13-31-14-20(29)25(2)3)26(12-18)10-16-6-5-7-22-21(16)30-4/h5-7,9,11,18-19H,8,10,12-14H2,1-4H3,(H,24,28)/t18-,19-/m0/s1. The van der Waals surface area contributed by atoms with Gasteiger partial charge >= 0.3 is 0 Å². The summed E-state index contributed by atoms with van der Waals surface area (Å²) < 4.78 is 13.0. The van der Waals surface area contributed by atoms with Crippen molar-refractivity contribution in [3.8, 4) is 5.88 Å². The van der Waals surface area contributed by atoms with Crippen molar-refractivity contribution in [2.45, 2.75) is 32.0 Å². The number of likely N-dealkylation sites (N-methyl/N-ethyl adjacent to an activating group) is 1. The highest BCUT2D eigenvalue weighted by molar-refractivity contribution is 5.88. The molecule has 168 valence electrons. The van der Waals surface area contributed by atoms with Crippen molar-refractivity contribution in [2.24, 2.45) is 0 Å². The van der Waals surface area contributed by atoms with E-state index in [0.717, 1.165) is 18.5 Å². The van der Waals surface area contributed by atoms with Gasteiger partial charge < -0.3 is 19.7 Å². The highest BCUT2D eigenvalue weighted by atomic mass is 16.5. The SMILES string of the molecule is COc1ncccc1CN1C[C@@H](n2cc(NC(C)=O)cn2)C[C@H]1COCC(=O)N(C)C. The minimum atomic E-state index is -0.131. The Kier molecular flexibility index (Phi) is 7.59.